The van der Waals surface area contributed by atoms with Crippen LogP contribution < -0.4 is 0 Å². The third kappa shape index (κ3) is 1.60. The molecule has 1 unspecified atom stereocenters. The van der Waals surface area contributed by atoms with Crippen LogP contribution in [0, 0.1) is 5.92 Å². The van der Waals surface area contributed by atoms with Gasteiger partial charge in [0.2, 0.25) is 0 Å². The Labute approximate surface area is 70.2 Å². The number of rotatable bonds is 1. The van der Waals surface area contributed by atoms with E-state index >= 15 is 0 Å². The monoisotopic (exact) mass is 178 g/mol. The van der Waals surface area contributed by atoms with Crippen molar-refractivity contribution in [3.63, 3.8) is 0 Å². The molecule has 1 rings (SSSR count). The van der Waals surface area contributed by atoms with E-state index in [-0.39, 0.29) is 0 Å². The van der Waals surface area contributed by atoms with Crippen molar-refractivity contribution in [2.24, 2.45) is 5.92 Å². The highest BCUT2D eigenvalue weighted by Crippen LogP contribution is 2.23. The lowest BCUT2D eigenvalue weighted by atomic mass is 9.93. The number of ether oxygens (including phenoxy) is 1. The SMILES string of the molecule is CC1[C@H](O)O[C@H](CO)[C@@H](O)[C@@H]1O. The van der Waals surface area contributed by atoms with Crippen LogP contribution in [0.4, 0.5) is 0 Å². The van der Waals surface area contributed by atoms with Gasteiger partial charge in [-0.3, -0.25) is 0 Å². The van der Waals surface area contributed by atoms with Crippen LogP contribution in [0.5, 0.6) is 0 Å². The van der Waals surface area contributed by atoms with Gasteiger partial charge in [-0.2, -0.15) is 0 Å². The minimum Gasteiger partial charge on any atom is -0.394 e. The molecule has 72 valence electrons. The first-order chi connectivity index (χ1) is 5.57. The fraction of sp³-hybridized carbons (Fsp3) is 1.00. The largest absolute Gasteiger partial charge is 0.394 e. The topological polar surface area (TPSA) is 90.2 Å². The fourth-order valence-electron chi connectivity index (χ4n) is 1.23. The molecular formula is C7H14O5. The minimum atomic E-state index is -1.13. The van der Waals surface area contributed by atoms with Gasteiger partial charge in [-0.1, -0.05) is 6.92 Å². The molecular weight excluding hydrogens is 164 g/mol. The third-order valence-corrected chi connectivity index (χ3v) is 2.21. The molecule has 1 saturated heterocycles. The Bertz CT molecular complexity index is 146. The normalized spacial score (nSPS) is 49.2. The zero-order valence-corrected chi connectivity index (χ0v) is 6.79. The van der Waals surface area contributed by atoms with E-state index in [9.17, 15) is 10.2 Å². The first kappa shape index (κ1) is 9.88. The highest BCUT2D eigenvalue weighted by Gasteiger charge is 2.40. The van der Waals surface area contributed by atoms with Crippen LogP contribution in [0.2, 0.25) is 0 Å². The molecule has 5 atom stereocenters. The molecule has 5 nitrogen and oxygen atoms in total. The van der Waals surface area contributed by atoms with Gasteiger partial charge in [-0.25, -0.2) is 0 Å². The molecule has 0 bridgehead atoms. The van der Waals surface area contributed by atoms with E-state index in [0.29, 0.717) is 0 Å². The fourth-order valence-corrected chi connectivity index (χ4v) is 1.23. The summed E-state index contributed by atoms with van der Waals surface area (Å²) in [4.78, 5) is 0. The molecule has 0 amide bonds. The molecule has 1 aliphatic rings. The second-order valence-corrected chi connectivity index (χ2v) is 3.09. The van der Waals surface area contributed by atoms with Gasteiger partial charge in [0.25, 0.3) is 0 Å². The predicted octanol–water partition coefficient (Wildman–Crippen LogP) is -1.95. The summed E-state index contributed by atoms with van der Waals surface area (Å²) in [7, 11) is 0. The summed E-state index contributed by atoms with van der Waals surface area (Å²) in [5, 5.41) is 36.4. The van der Waals surface area contributed by atoms with E-state index in [4.69, 9.17) is 14.9 Å². The molecule has 0 spiro atoms. The molecule has 0 saturated carbocycles. The summed E-state index contributed by atoms with van der Waals surface area (Å²) in [5.74, 6) is -0.539. The first-order valence-electron chi connectivity index (χ1n) is 3.88. The van der Waals surface area contributed by atoms with E-state index in [1.54, 1.807) is 6.92 Å². The van der Waals surface area contributed by atoms with Crippen molar-refractivity contribution in [2.75, 3.05) is 6.61 Å². The first-order valence-corrected chi connectivity index (χ1v) is 3.88. The average molecular weight is 178 g/mol. The maximum atomic E-state index is 9.32. The number of aliphatic hydroxyl groups excluding tert-OH is 4. The van der Waals surface area contributed by atoms with Crippen molar-refractivity contribution in [1.29, 1.82) is 0 Å². The van der Waals surface area contributed by atoms with Crippen molar-refractivity contribution in [2.45, 2.75) is 31.5 Å². The molecule has 5 heteroatoms. The summed E-state index contributed by atoms with van der Waals surface area (Å²) >= 11 is 0. The van der Waals surface area contributed by atoms with E-state index in [0.717, 1.165) is 0 Å². The van der Waals surface area contributed by atoms with E-state index < -0.39 is 37.1 Å². The maximum absolute atomic E-state index is 9.32. The lowest BCUT2D eigenvalue weighted by Gasteiger charge is -2.38. The van der Waals surface area contributed by atoms with Crippen molar-refractivity contribution >= 4 is 0 Å². The second-order valence-electron chi connectivity index (χ2n) is 3.09. The van der Waals surface area contributed by atoms with Crippen molar-refractivity contribution in [1.82, 2.24) is 0 Å². The van der Waals surface area contributed by atoms with E-state index in [1.807, 2.05) is 0 Å². The van der Waals surface area contributed by atoms with Crippen LogP contribution in [0.15, 0.2) is 0 Å². The van der Waals surface area contributed by atoms with Crippen LogP contribution in [0.1, 0.15) is 6.92 Å². The Morgan fingerprint density at radius 2 is 1.75 bits per heavy atom. The molecule has 12 heavy (non-hydrogen) atoms. The van der Waals surface area contributed by atoms with Gasteiger partial charge in [-0.05, 0) is 0 Å². The number of hydrogen-bond donors (Lipinski definition) is 4. The minimum absolute atomic E-state index is 0.415. The Morgan fingerprint density at radius 1 is 1.17 bits per heavy atom. The summed E-state index contributed by atoms with van der Waals surface area (Å²) in [5.41, 5.74) is 0. The summed E-state index contributed by atoms with van der Waals surface area (Å²) in [6.45, 7) is 1.15. The zero-order valence-electron chi connectivity index (χ0n) is 6.79. The Hall–Kier alpha value is -0.200. The standard InChI is InChI=1S/C7H14O5/c1-3-5(9)6(10)4(2-8)12-7(3)11/h3-11H,2H2,1H3/t3?,4-,5-,6-,7-/m1/s1. The number of aliphatic hydroxyl groups is 4. The van der Waals surface area contributed by atoms with Crippen LogP contribution in [-0.4, -0.2) is 51.6 Å². The van der Waals surface area contributed by atoms with Gasteiger partial charge in [0.1, 0.15) is 12.2 Å². The lowest BCUT2D eigenvalue weighted by Crippen LogP contribution is -2.54. The quantitative estimate of drug-likeness (QED) is 0.375. The van der Waals surface area contributed by atoms with Crippen LogP contribution in [0.3, 0.4) is 0 Å². The lowest BCUT2D eigenvalue weighted by molar-refractivity contribution is -0.266. The molecule has 0 aliphatic carbocycles. The molecule has 0 radical (unpaired) electrons. The molecule has 4 N–H and O–H groups in total. The molecule has 1 fully saturated rings. The summed E-state index contributed by atoms with van der Waals surface area (Å²) in [6.07, 6.45) is -4.20. The molecule has 0 aromatic heterocycles. The number of hydrogen-bond acceptors (Lipinski definition) is 5. The smallest absolute Gasteiger partial charge is 0.160 e. The van der Waals surface area contributed by atoms with E-state index in [2.05, 4.69) is 0 Å². The molecule has 1 heterocycles. The van der Waals surface area contributed by atoms with Crippen LogP contribution in [-0.2, 0) is 4.74 Å². The van der Waals surface area contributed by atoms with Gasteiger partial charge >= 0.3 is 0 Å². The maximum Gasteiger partial charge on any atom is 0.160 e. The summed E-state index contributed by atoms with van der Waals surface area (Å²) in [6, 6.07) is 0. The Balaban J connectivity index is 2.63. The molecule has 1 aliphatic heterocycles. The molecule has 0 aromatic rings. The highest BCUT2D eigenvalue weighted by molar-refractivity contribution is 4.86. The van der Waals surface area contributed by atoms with Crippen LogP contribution in [0.25, 0.3) is 0 Å². The van der Waals surface area contributed by atoms with Gasteiger partial charge < -0.3 is 25.2 Å². The van der Waals surface area contributed by atoms with Gasteiger partial charge in [0.15, 0.2) is 6.29 Å². The van der Waals surface area contributed by atoms with Crippen LogP contribution >= 0.6 is 0 Å². The molecule has 0 aromatic carbocycles. The Morgan fingerprint density at radius 3 is 2.25 bits per heavy atom. The predicted molar refractivity (Wildman–Crippen MR) is 39.1 cm³/mol. The third-order valence-electron chi connectivity index (χ3n) is 2.21. The zero-order chi connectivity index (χ0) is 9.30. The van der Waals surface area contributed by atoms with E-state index in [1.165, 1.54) is 0 Å². The van der Waals surface area contributed by atoms with Crippen molar-refractivity contribution < 1.29 is 25.2 Å². The van der Waals surface area contributed by atoms with Gasteiger partial charge in [0.05, 0.1) is 12.7 Å². The van der Waals surface area contributed by atoms with Crippen molar-refractivity contribution in [3.05, 3.63) is 0 Å². The Kier molecular flexibility index (Phi) is 3.03. The average Bonchev–Trinajstić information content (AvgIpc) is 2.08. The second kappa shape index (κ2) is 3.68. The van der Waals surface area contributed by atoms with Gasteiger partial charge in [0, 0.05) is 5.92 Å². The van der Waals surface area contributed by atoms with Gasteiger partial charge in [-0.15, -0.1) is 0 Å². The highest BCUT2D eigenvalue weighted by atomic mass is 16.6. The summed E-state index contributed by atoms with van der Waals surface area (Å²) < 4.78 is 4.83. The van der Waals surface area contributed by atoms with Crippen molar-refractivity contribution in [3.8, 4) is 0 Å².